The van der Waals surface area contributed by atoms with Crippen molar-refractivity contribution in [1.82, 2.24) is 19.6 Å². The standard InChI is InChI=1S/C17H21F3N2O2.C13H11F3N2O2/c1-4-22-15(16(23)9-11(2)3)10-14(21-22)12-5-7-13(8-6-12)24-17(18,19)20;1-2-18-10(8-19)7-12(17-18)9-3-5-11(6-4-9)20-13(14,15)16/h5-8,10-11,16,23H,4,9H2,1-3H3;3-8H,2H2,1H3. The van der Waals surface area contributed by atoms with Crippen LogP contribution in [-0.2, 0) is 13.1 Å². The third-order valence-electron chi connectivity index (χ3n) is 6.15. The molecular weight excluding hydrogens is 594 g/mol. The van der Waals surface area contributed by atoms with Crippen molar-refractivity contribution in [3.05, 3.63) is 72.1 Å². The second kappa shape index (κ2) is 14.4. The Bertz CT molecular complexity index is 1490. The summed E-state index contributed by atoms with van der Waals surface area (Å²) >= 11 is 0. The number of nitrogens with zero attached hydrogens (tertiary/aromatic N) is 4. The number of carbonyl (C=O) groups excluding carboxylic acids is 1. The molecule has 1 unspecified atom stereocenters. The number of alkyl halides is 6. The van der Waals surface area contributed by atoms with Gasteiger partial charge in [0.25, 0.3) is 0 Å². The molecule has 0 radical (unpaired) electrons. The van der Waals surface area contributed by atoms with E-state index in [2.05, 4.69) is 19.7 Å². The van der Waals surface area contributed by atoms with Crippen molar-refractivity contribution in [1.29, 1.82) is 0 Å². The van der Waals surface area contributed by atoms with E-state index in [0.29, 0.717) is 65.6 Å². The van der Waals surface area contributed by atoms with E-state index in [9.17, 15) is 36.2 Å². The highest BCUT2D eigenvalue weighted by atomic mass is 19.4. The van der Waals surface area contributed by atoms with Gasteiger partial charge in [0.1, 0.15) is 17.2 Å². The van der Waals surface area contributed by atoms with Crippen LogP contribution < -0.4 is 9.47 Å². The molecule has 238 valence electrons. The van der Waals surface area contributed by atoms with Crippen molar-refractivity contribution < 1.29 is 45.7 Å². The molecule has 0 bridgehead atoms. The molecule has 1 N–H and O–H groups in total. The molecule has 0 aliphatic heterocycles. The van der Waals surface area contributed by atoms with Crippen molar-refractivity contribution in [2.24, 2.45) is 5.92 Å². The van der Waals surface area contributed by atoms with Crippen LogP contribution in [0.25, 0.3) is 22.5 Å². The lowest BCUT2D eigenvalue weighted by molar-refractivity contribution is -0.275. The Labute approximate surface area is 249 Å². The Hall–Kier alpha value is -4.33. The maximum atomic E-state index is 12.2. The van der Waals surface area contributed by atoms with Crippen LogP contribution in [0.3, 0.4) is 0 Å². The molecule has 2 heterocycles. The number of ether oxygens (including phenoxy) is 2. The Morgan fingerprint density at radius 1 is 0.773 bits per heavy atom. The summed E-state index contributed by atoms with van der Waals surface area (Å²) in [5.74, 6) is -0.240. The molecule has 0 saturated carbocycles. The van der Waals surface area contributed by atoms with Gasteiger partial charge in [-0.15, -0.1) is 26.3 Å². The van der Waals surface area contributed by atoms with Crippen LogP contribution in [-0.4, -0.2) is 43.7 Å². The van der Waals surface area contributed by atoms with E-state index in [1.54, 1.807) is 16.8 Å². The van der Waals surface area contributed by atoms with Crippen molar-refractivity contribution in [3.63, 3.8) is 0 Å². The van der Waals surface area contributed by atoms with Gasteiger partial charge in [0, 0.05) is 24.2 Å². The number of benzene rings is 2. The summed E-state index contributed by atoms with van der Waals surface area (Å²) < 4.78 is 83.6. The van der Waals surface area contributed by atoms with Gasteiger partial charge in [-0.1, -0.05) is 13.8 Å². The molecule has 8 nitrogen and oxygen atoms in total. The number of aldehydes is 1. The normalized spacial score (nSPS) is 12.5. The summed E-state index contributed by atoms with van der Waals surface area (Å²) in [6.45, 7) is 8.93. The van der Waals surface area contributed by atoms with Crippen molar-refractivity contribution in [2.75, 3.05) is 0 Å². The summed E-state index contributed by atoms with van der Waals surface area (Å²) in [4.78, 5) is 10.8. The molecule has 0 aliphatic carbocycles. The minimum atomic E-state index is -4.71. The van der Waals surface area contributed by atoms with Gasteiger partial charge in [0.05, 0.1) is 23.2 Å². The lowest BCUT2D eigenvalue weighted by atomic mass is 10.0. The van der Waals surface area contributed by atoms with Crippen LogP contribution in [0.5, 0.6) is 11.5 Å². The molecule has 2 aromatic carbocycles. The van der Waals surface area contributed by atoms with Gasteiger partial charge in [-0.2, -0.15) is 10.2 Å². The minimum Gasteiger partial charge on any atom is -0.406 e. The lowest BCUT2D eigenvalue weighted by Gasteiger charge is -2.13. The number of hydrogen-bond acceptors (Lipinski definition) is 6. The fourth-order valence-corrected chi connectivity index (χ4v) is 4.24. The van der Waals surface area contributed by atoms with Gasteiger partial charge in [0.2, 0.25) is 0 Å². The number of rotatable bonds is 10. The van der Waals surface area contributed by atoms with Gasteiger partial charge < -0.3 is 14.6 Å². The monoisotopic (exact) mass is 626 g/mol. The maximum Gasteiger partial charge on any atom is 0.573 e. The van der Waals surface area contributed by atoms with Gasteiger partial charge in [-0.05, 0) is 86.8 Å². The van der Waals surface area contributed by atoms with Crippen LogP contribution in [0.4, 0.5) is 26.3 Å². The highest BCUT2D eigenvalue weighted by Crippen LogP contribution is 2.30. The average Bonchev–Trinajstić information content (AvgIpc) is 3.57. The molecule has 4 aromatic rings. The van der Waals surface area contributed by atoms with E-state index in [0.717, 1.165) is 0 Å². The van der Waals surface area contributed by atoms with Gasteiger partial charge in [0.15, 0.2) is 6.29 Å². The largest absolute Gasteiger partial charge is 0.573 e. The third-order valence-corrected chi connectivity index (χ3v) is 6.15. The predicted molar refractivity (Wildman–Crippen MR) is 150 cm³/mol. The maximum absolute atomic E-state index is 12.2. The minimum absolute atomic E-state index is 0.277. The van der Waals surface area contributed by atoms with Crippen LogP contribution in [0.2, 0.25) is 0 Å². The molecule has 0 fully saturated rings. The molecule has 1 atom stereocenters. The number of aliphatic hydroxyl groups is 1. The van der Waals surface area contributed by atoms with E-state index in [-0.39, 0.29) is 11.5 Å². The van der Waals surface area contributed by atoms with Crippen LogP contribution >= 0.6 is 0 Å². The second-order valence-electron chi connectivity index (χ2n) is 9.95. The molecule has 2 aromatic heterocycles. The van der Waals surface area contributed by atoms with Crippen molar-refractivity contribution in [3.8, 4) is 34.0 Å². The number of aliphatic hydroxyl groups excluding tert-OH is 1. The molecule has 0 aliphatic rings. The second-order valence-corrected chi connectivity index (χ2v) is 9.95. The smallest absolute Gasteiger partial charge is 0.406 e. The van der Waals surface area contributed by atoms with E-state index < -0.39 is 18.8 Å². The lowest BCUT2D eigenvalue weighted by Crippen LogP contribution is -2.16. The SMILES string of the molecule is CCn1nc(-c2ccc(OC(F)(F)F)cc2)cc1C(O)CC(C)C.CCn1nc(-c2ccc(OC(F)(F)F)cc2)cc1C=O. The molecule has 4 rings (SSSR count). The number of hydrogen-bond donors (Lipinski definition) is 1. The third kappa shape index (κ3) is 9.86. The number of carbonyl (C=O) groups is 1. The number of halogens is 6. The summed E-state index contributed by atoms with van der Waals surface area (Å²) in [6, 6.07) is 14.2. The zero-order chi connectivity index (χ0) is 32.7. The van der Waals surface area contributed by atoms with Gasteiger partial charge >= 0.3 is 12.7 Å². The number of aromatic nitrogens is 4. The number of aryl methyl sites for hydroxylation is 2. The van der Waals surface area contributed by atoms with Gasteiger partial charge in [-0.3, -0.25) is 14.2 Å². The first kappa shape index (κ1) is 34.2. The average molecular weight is 627 g/mol. The first-order chi connectivity index (χ1) is 20.6. The van der Waals surface area contributed by atoms with E-state index >= 15 is 0 Å². The first-order valence-electron chi connectivity index (χ1n) is 13.6. The molecule has 44 heavy (non-hydrogen) atoms. The van der Waals surface area contributed by atoms with E-state index in [4.69, 9.17) is 0 Å². The quantitative estimate of drug-likeness (QED) is 0.143. The van der Waals surface area contributed by atoms with Gasteiger partial charge in [-0.25, -0.2) is 0 Å². The summed E-state index contributed by atoms with van der Waals surface area (Å²) in [5.41, 5.74) is 3.51. The summed E-state index contributed by atoms with van der Waals surface area (Å²) in [7, 11) is 0. The fourth-order valence-electron chi connectivity index (χ4n) is 4.24. The Balaban J connectivity index is 0.000000244. The Kier molecular flexibility index (Phi) is 11.2. The van der Waals surface area contributed by atoms with Crippen molar-refractivity contribution in [2.45, 2.75) is 66.0 Å². The zero-order valence-corrected chi connectivity index (χ0v) is 24.4. The summed E-state index contributed by atoms with van der Waals surface area (Å²) in [6.07, 6.45) is -8.75. The molecule has 0 spiro atoms. The fraction of sp³-hybridized carbons (Fsp3) is 0.367. The molecule has 0 saturated heterocycles. The Morgan fingerprint density at radius 2 is 1.20 bits per heavy atom. The molecule has 0 amide bonds. The van der Waals surface area contributed by atoms with Crippen LogP contribution in [0.1, 0.15) is 56.4 Å². The summed E-state index contributed by atoms with van der Waals surface area (Å²) in [5, 5.41) is 19.0. The van der Waals surface area contributed by atoms with Crippen LogP contribution in [0, 0.1) is 5.92 Å². The first-order valence-corrected chi connectivity index (χ1v) is 13.6. The van der Waals surface area contributed by atoms with Crippen LogP contribution in [0.15, 0.2) is 60.7 Å². The highest BCUT2D eigenvalue weighted by Gasteiger charge is 2.31. The van der Waals surface area contributed by atoms with Crippen molar-refractivity contribution >= 4 is 6.29 Å². The molecule has 14 heteroatoms. The highest BCUT2D eigenvalue weighted by molar-refractivity contribution is 5.76. The molecular formula is C30H32F6N4O4. The predicted octanol–water partition coefficient (Wildman–Crippen LogP) is 7.83. The van der Waals surface area contributed by atoms with E-state index in [1.807, 2.05) is 27.7 Å². The zero-order valence-electron chi connectivity index (χ0n) is 24.4. The Morgan fingerprint density at radius 3 is 1.57 bits per heavy atom. The van der Waals surface area contributed by atoms with E-state index in [1.165, 1.54) is 53.2 Å². The topological polar surface area (TPSA) is 91.4 Å².